The van der Waals surface area contributed by atoms with Crippen LogP contribution in [0.3, 0.4) is 0 Å². The van der Waals surface area contributed by atoms with Gasteiger partial charge in [-0.3, -0.25) is 4.79 Å². The van der Waals surface area contributed by atoms with Gasteiger partial charge >= 0.3 is 0 Å². The highest BCUT2D eigenvalue weighted by Gasteiger charge is 2.15. The molecule has 2 N–H and O–H groups in total. The topological polar surface area (TPSA) is 59.6 Å². The minimum atomic E-state index is -0.339. The van der Waals surface area contributed by atoms with Crippen LogP contribution >= 0.6 is 0 Å². The third kappa shape index (κ3) is 3.72. The minimum Gasteiger partial charge on any atom is -0.377 e. The van der Waals surface area contributed by atoms with Gasteiger partial charge in [-0.05, 0) is 25.1 Å². The molecular formula is C13H20N2O3. The monoisotopic (exact) mass is 252 g/mol. The average Bonchev–Trinajstić information content (AvgIpc) is 2.39. The van der Waals surface area contributed by atoms with Crippen LogP contribution in [0.5, 0.6) is 0 Å². The molecule has 5 nitrogen and oxygen atoms in total. The summed E-state index contributed by atoms with van der Waals surface area (Å²) in [5.74, 6) is -0.110. The van der Waals surface area contributed by atoms with Gasteiger partial charge in [0.05, 0.1) is 6.04 Å². The fourth-order valence-electron chi connectivity index (χ4n) is 1.73. The van der Waals surface area contributed by atoms with Crippen LogP contribution < -0.4 is 10.6 Å². The predicted octanol–water partition coefficient (Wildman–Crippen LogP) is 1.47. The van der Waals surface area contributed by atoms with Crippen molar-refractivity contribution in [1.82, 2.24) is 5.32 Å². The molecule has 0 bridgehead atoms. The van der Waals surface area contributed by atoms with Crippen LogP contribution in [0, 0.1) is 0 Å². The first-order chi connectivity index (χ1) is 8.62. The molecule has 0 heterocycles. The number of hydrogen-bond acceptors (Lipinski definition) is 4. The van der Waals surface area contributed by atoms with Crippen molar-refractivity contribution in [2.75, 3.05) is 26.6 Å². The zero-order chi connectivity index (χ0) is 13.5. The van der Waals surface area contributed by atoms with Crippen LogP contribution in [0.25, 0.3) is 0 Å². The Morgan fingerprint density at radius 1 is 1.28 bits per heavy atom. The van der Waals surface area contributed by atoms with Gasteiger partial charge in [0.1, 0.15) is 0 Å². The molecule has 0 aliphatic carbocycles. The van der Waals surface area contributed by atoms with Gasteiger partial charge in [-0.2, -0.15) is 0 Å². The Kier molecular flexibility index (Phi) is 5.61. The van der Waals surface area contributed by atoms with E-state index in [2.05, 4.69) is 10.6 Å². The van der Waals surface area contributed by atoms with E-state index >= 15 is 0 Å². The first kappa shape index (κ1) is 14.5. The number of nitrogens with one attached hydrogen (secondary N) is 2. The second-order valence-corrected chi connectivity index (χ2v) is 3.93. The maximum atomic E-state index is 11.5. The highest BCUT2D eigenvalue weighted by Crippen LogP contribution is 2.14. The number of benzene rings is 1. The molecule has 0 aromatic heterocycles. The highest BCUT2D eigenvalue weighted by atomic mass is 16.7. The van der Waals surface area contributed by atoms with Crippen molar-refractivity contribution >= 4 is 11.6 Å². The molecule has 1 unspecified atom stereocenters. The van der Waals surface area contributed by atoms with Crippen molar-refractivity contribution in [3.63, 3.8) is 0 Å². The molecular weight excluding hydrogens is 232 g/mol. The third-order valence-electron chi connectivity index (χ3n) is 2.62. The summed E-state index contributed by atoms with van der Waals surface area (Å²) in [5.41, 5.74) is 1.46. The van der Waals surface area contributed by atoms with E-state index in [4.69, 9.17) is 9.47 Å². The summed E-state index contributed by atoms with van der Waals surface area (Å²) in [4.78, 5) is 11.5. The van der Waals surface area contributed by atoms with E-state index in [9.17, 15) is 4.79 Å². The maximum Gasteiger partial charge on any atom is 0.251 e. The summed E-state index contributed by atoms with van der Waals surface area (Å²) in [6.07, 6.45) is -0.339. The second-order valence-electron chi connectivity index (χ2n) is 3.93. The van der Waals surface area contributed by atoms with Crippen molar-refractivity contribution in [3.05, 3.63) is 29.8 Å². The van der Waals surface area contributed by atoms with Gasteiger partial charge in [0.2, 0.25) is 0 Å². The van der Waals surface area contributed by atoms with E-state index < -0.39 is 0 Å². The normalized spacial score (nSPS) is 12.3. The number of ether oxygens (including phenoxy) is 2. The van der Waals surface area contributed by atoms with Gasteiger partial charge in [0.25, 0.3) is 5.91 Å². The zero-order valence-electron chi connectivity index (χ0n) is 11.2. The zero-order valence-corrected chi connectivity index (χ0v) is 11.2. The fraction of sp³-hybridized carbons (Fsp3) is 0.462. The molecule has 0 aliphatic rings. The summed E-state index contributed by atoms with van der Waals surface area (Å²) in [6.45, 7) is 1.95. The minimum absolute atomic E-state index is 0.0278. The van der Waals surface area contributed by atoms with Gasteiger partial charge < -0.3 is 20.1 Å². The Labute approximate surface area is 107 Å². The van der Waals surface area contributed by atoms with Crippen molar-refractivity contribution < 1.29 is 14.3 Å². The smallest absolute Gasteiger partial charge is 0.251 e. The molecule has 5 heteroatoms. The predicted molar refractivity (Wildman–Crippen MR) is 70.7 cm³/mol. The Morgan fingerprint density at radius 3 is 2.50 bits per heavy atom. The van der Waals surface area contributed by atoms with Crippen LogP contribution in [-0.2, 0) is 9.47 Å². The number of carbonyl (C=O) groups excluding carboxylic acids is 1. The van der Waals surface area contributed by atoms with E-state index in [-0.39, 0.29) is 18.2 Å². The van der Waals surface area contributed by atoms with E-state index in [0.29, 0.717) is 5.56 Å². The molecule has 0 spiro atoms. The van der Waals surface area contributed by atoms with Crippen molar-refractivity contribution in [2.45, 2.75) is 19.3 Å². The van der Waals surface area contributed by atoms with Crippen LogP contribution in [0.2, 0.25) is 0 Å². The van der Waals surface area contributed by atoms with Gasteiger partial charge in [-0.1, -0.05) is 6.07 Å². The van der Waals surface area contributed by atoms with Crippen molar-refractivity contribution in [1.29, 1.82) is 0 Å². The summed E-state index contributed by atoms with van der Waals surface area (Å²) < 4.78 is 10.3. The highest BCUT2D eigenvalue weighted by molar-refractivity contribution is 5.94. The Bertz CT molecular complexity index is 392. The summed E-state index contributed by atoms with van der Waals surface area (Å²) in [6, 6.07) is 7.25. The van der Waals surface area contributed by atoms with Gasteiger partial charge in [0, 0.05) is 32.5 Å². The quantitative estimate of drug-likeness (QED) is 0.753. The average molecular weight is 252 g/mol. The van der Waals surface area contributed by atoms with Crippen molar-refractivity contribution in [2.24, 2.45) is 0 Å². The number of methoxy groups -OCH3 is 2. The van der Waals surface area contributed by atoms with Crippen LogP contribution in [0.1, 0.15) is 17.3 Å². The molecule has 1 atom stereocenters. The lowest BCUT2D eigenvalue weighted by Crippen LogP contribution is -2.33. The summed E-state index contributed by atoms with van der Waals surface area (Å²) >= 11 is 0. The maximum absolute atomic E-state index is 11.5. The molecule has 1 aromatic rings. The standard InChI is InChI=1S/C13H20N2O3/c1-9(13(17-3)18-4)15-11-7-5-6-10(8-11)12(16)14-2/h5-9,13,15H,1-4H3,(H,14,16). The third-order valence-corrected chi connectivity index (χ3v) is 2.62. The molecule has 1 rings (SSSR count). The van der Waals surface area contributed by atoms with Crippen LogP contribution in [0.4, 0.5) is 5.69 Å². The molecule has 0 saturated carbocycles. The van der Waals surface area contributed by atoms with E-state index in [1.165, 1.54) is 0 Å². The number of carbonyl (C=O) groups is 1. The summed E-state index contributed by atoms with van der Waals surface area (Å²) in [7, 11) is 4.79. The molecule has 100 valence electrons. The van der Waals surface area contributed by atoms with Gasteiger partial charge in [0.15, 0.2) is 6.29 Å². The van der Waals surface area contributed by atoms with Crippen molar-refractivity contribution in [3.8, 4) is 0 Å². The van der Waals surface area contributed by atoms with Crippen LogP contribution in [0.15, 0.2) is 24.3 Å². The Morgan fingerprint density at radius 2 is 1.94 bits per heavy atom. The first-order valence-electron chi connectivity index (χ1n) is 5.76. The van der Waals surface area contributed by atoms with Gasteiger partial charge in [-0.15, -0.1) is 0 Å². The number of hydrogen-bond donors (Lipinski definition) is 2. The lowest BCUT2D eigenvalue weighted by atomic mass is 10.1. The van der Waals surface area contributed by atoms with Crippen LogP contribution in [-0.4, -0.2) is 39.5 Å². The number of rotatable bonds is 6. The van der Waals surface area contributed by atoms with E-state index in [1.807, 2.05) is 19.1 Å². The molecule has 18 heavy (non-hydrogen) atoms. The number of amides is 1. The molecule has 0 saturated heterocycles. The fourth-order valence-corrected chi connectivity index (χ4v) is 1.73. The number of anilines is 1. The molecule has 0 aliphatic heterocycles. The van der Waals surface area contributed by atoms with E-state index in [0.717, 1.165) is 5.69 Å². The molecule has 0 fully saturated rings. The lowest BCUT2D eigenvalue weighted by molar-refractivity contribution is -0.109. The SMILES string of the molecule is CNC(=O)c1cccc(NC(C)C(OC)OC)c1. The van der Waals surface area contributed by atoms with E-state index in [1.54, 1.807) is 33.4 Å². The Hall–Kier alpha value is -1.59. The van der Waals surface area contributed by atoms with Gasteiger partial charge in [-0.25, -0.2) is 0 Å². The Balaban J connectivity index is 2.75. The molecule has 1 aromatic carbocycles. The summed E-state index contributed by atoms with van der Waals surface area (Å²) in [5, 5.41) is 5.82. The lowest BCUT2D eigenvalue weighted by Gasteiger charge is -2.23. The molecule has 1 amide bonds. The second kappa shape index (κ2) is 6.98. The first-order valence-corrected chi connectivity index (χ1v) is 5.76. The largest absolute Gasteiger partial charge is 0.377 e. The molecule has 0 radical (unpaired) electrons.